The summed E-state index contributed by atoms with van der Waals surface area (Å²) in [4.78, 5) is 18.3. The fourth-order valence-corrected chi connectivity index (χ4v) is 2.50. The van der Waals surface area contributed by atoms with Gasteiger partial charge in [0, 0.05) is 0 Å². The lowest BCUT2D eigenvalue weighted by molar-refractivity contribution is -0.274. The quantitative estimate of drug-likeness (QED) is 0.729. The van der Waals surface area contributed by atoms with E-state index >= 15 is 0 Å². The molecule has 1 aromatic carbocycles. The van der Waals surface area contributed by atoms with Gasteiger partial charge in [-0.25, -0.2) is 14.1 Å². The molecule has 2 aromatic heterocycles. The van der Waals surface area contributed by atoms with Gasteiger partial charge in [-0.05, 0) is 24.6 Å². The molecule has 2 heterocycles. The minimum atomic E-state index is -4.77. The molecule has 25 heavy (non-hydrogen) atoms. The fraction of sp³-hybridized carbons (Fsp3) is 0.267. The maximum atomic E-state index is 13.1. The lowest BCUT2D eigenvalue weighted by atomic mass is 10.1. The summed E-state index contributed by atoms with van der Waals surface area (Å²) >= 11 is 0. The van der Waals surface area contributed by atoms with Crippen LogP contribution >= 0.6 is 0 Å². The average Bonchev–Trinajstić information content (AvgIpc) is 2.93. The van der Waals surface area contributed by atoms with Crippen LogP contribution in [0.3, 0.4) is 0 Å². The summed E-state index contributed by atoms with van der Waals surface area (Å²) in [5.74, 6) is -0.354. The number of halogens is 4. The Bertz CT molecular complexity index is 947. The molecule has 0 spiro atoms. The second-order valence-electron chi connectivity index (χ2n) is 5.25. The highest BCUT2D eigenvalue weighted by Gasteiger charge is 2.31. The fourth-order valence-electron chi connectivity index (χ4n) is 2.50. The molecule has 0 radical (unpaired) electrons. The van der Waals surface area contributed by atoms with Gasteiger partial charge in [-0.1, -0.05) is 12.1 Å². The summed E-state index contributed by atoms with van der Waals surface area (Å²) in [6, 6.07) is 4.71. The summed E-state index contributed by atoms with van der Waals surface area (Å²) in [6.07, 6.45) is -3.59. The van der Waals surface area contributed by atoms with Gasteiger partial charge < -0.3 is 9.72 Å². The Morgan fingerprint density at radius 2 is 1.96 bits per heavy atom. The number of alkyl halides is 4. The summed E-state index contributed by atoms with van der Waals surface area (Å²) in [5.41, 5.74) is 0.226. The number of fused-ring (bicyclic) bond motifs is 1. The lowest BCUT2D eigenvalue weighted by Crippen LogP contribution is -2.17. The molecule has 0 amide bonds. The van der Waals surface area contributed by atoms with Crippen LogP contribution in [0.5, 0.6) is 5.75 Å². The maximum absolute atomic E-state index is 13.1. The van der Waals surface area contributed by atoms with Crippen LogP contribution in [-0.2, 0) is 6.67 Å². The van der Waals surface area contributed by atoms with Crippen molar-refractivity contribution < 1.29 is 22.3 Å². The van der Waals surface area contributed by atoms with E-state index in [4.69, 9.17) is 0 Å². The number of rotatable bonds is 4. The second-order valence-corrected chi connectivity index (χ2v) is 5.25. The van der Waals surface area contributed by atoms with Crippen LogP contribution in [0, 0.1) is 0 Å². The van der Waals surface area contributed by atoms with E-state index in [1.54, 1.807) is 6.92 Å². The standard InChI is InChI=1S/C15H12F4N4O2/c1-8(9-2-4-10(5-3-9)25-15(17,18)19)23-13-12(11(6-16)22-23)14(24)21-7-20-13/h2-5,7-8H,6H2,1H3,(H,20,21,24). The molecule has 1 unspecified atom stereocenters. The molecule has 132 valence electrons. The van der Waals surface area contributed by atoms with Gasteiger partial charge in [-0.2, -0.15) is 5.10 Å². The van der Waals surface area contributed by atoms with E-state index in [-0.39, 0.29) is 22.5 Å². The number of nitrogens with one attached hydrogen (secondary N) is 1. The Balaban J connectivity index is 1.99. The van der Waals surface area contributed by atoms with E-state index in [1.165, 1.54) is 35.3 Å². The zero-order valence-electron chi connectivity index (χ0n) is 12.8. The highest BCUT2D eigenvalue weighted by molar-refractivity contribution is 5.77. The Morgan fingerprint density at radius 1 is 1.28 bits per heavy atom. The summed E-state index contributed by atoms with van der Waals surface area (Å²) in [7, 11) is 0. The Morgan fingerprint density at radius 3 is 2.56 bits per heavy atom. The van der Waals surface area contributed by atoms with Crippen molar-refractivity contribution in [2.24, 2.45) is 0 Å². The topological polar surface area (TPSA) is 72.8 Å². The van der Waals surface area contributed by atoms with Crippen LogP contribution in [0.15, 0.2) is 35.4 Å². The molecule has 3 rings (SSSR count). The van der Waals surface area contributed by atoms with E-state index in [1.807, 2.05) is 0 Å². The number of hydrogen-bond donors (Lipinski definition) is 1. The number of aromatic nitrogens is 4. The molecule has 10 heteroatoms. The molecular weight excluding hydrogens is 344 g/mol. The monoisotopic (exact) mass is 356 g/mol. The first-order valence-electron chi connectivity index (χ1n) is 7.16. The van der Waals surface area contributed by atoms with E-state index in [0.717, 1.165) is 0 Å². The van der Waals surface area contributed by atoms with Crippen LogP contribution in [-0.4, -0.2) is 26.1 Å². The van der Waals surface area contributed by atoms with E-state index in [0.29, 0.717) is 5.56 Å². The van der Waals surface area contributed by atoms with Crippen LogP contribution in [0.25, 0.3) is 11.0 Å². The van der Waals surface area contributed by atoms with Gasteiger partial charge in [-0.15, -0.1) is 13.2 Å². The average molecular weight is 356 g/mol. The van der Waals surface area contributed by atoms with Gasteiger partial charge in [-0.3, -0.25) is 4.79 Å². The summed E-state index contributed by atoms with van der Waals surface area (Å²) in [5, 5.41) is 4.12. The SMILES string of the molecule is CC(c1ccc(OC(F)(F)F)cc1)n1nc(CF)c2c(=O)[nH]cnc21. The third-order valence-electron chi connectivity index (χ3n) is 3.66. The van der Waals surface area contributed by atoms with Crippen LogP contribution in [0.2, 0.25) is 0 Å². The van der Waals surface area contributed by atoms with Crippen molar-refractivity contribution in [1.82, 2.24) is 19.7 Å². The predicted octanol–water partition coefficient (Wildman–Crippen LogP) is 3.10. The van der Waals surface area contributed by atoms with E-state index in [2.05, 4.69) is 19.8 Å². The molecule has 1 N–H and O–H groups in total. The van der Waals surface area contributed by atoms with Gasteiger partial charge in [0.05, 0.1) is 12.4 Å². The van der Waals surface area contributed by atoms with Crippen molar-refractivity contribution >= 4 is 11.0 Å². The highest BCUT2D eigenvalue weighted by atomic mass is 19.4. The first-order valence-corrected chi connectivity index (χ1v) is 7.16. The minimum absolute atomic E-state index is 0.0479. The third-order valence-corrected chi connectivity index (χ3v) is 3.66. The molecule has 0 saturated carbocycles. The smallest absolute Gasteiger partial charge is 0.406 e. The molecule has 0 saturated heterocycles. The van der Waals surface area contributed by atoms with E-state index < -0.39 is 24.6 Å². The molecule has 0 aliphatic rings. The van der Waals surface area contributed by atoms with Gasteiger partial charge in [0.1, 0.15) is 23.5 Å². The number of H-pyrrole nitrogens is 1. The Kier molecular flexibility index (Phi) is 4.19. The van der Waals surface area contributed by atoms with Crippen molar-refractivity contribution in [2.75, 3.05) is 0 Å². The summed E-state index contributed by atoms with van der Waals surface area (Å²) in [6.45, 7) is 0.764. The Labute approximate surface area is 138 Å². The first kappa shape index (κ1) is 16.9. The molecule has 0 aliphatic heterocycles. The maximum Gasteiger partial charge on any atom is 0.573 e. The number of nitrogens with zero attached hydrogens (tertiary/aromatic N) is 3. The van der Waals surface area contributed by atoms with Crippen LogP contribution in [0.4, 0.5) is 17.6 Å². The second kappa shape index (κ2) is 6.19. The Hall–Kier alpha value is -2.91. The van der Waals surface area contributed by atoms with Crippen LogP contribution in [0.1, 0.15) is 24.2 Å². The molecular formula is C15H12F4N4O2. The lowest BCUT2D eigenvalue weighted by Gasteiger charge is -2.14. The number of hydrogen-bond acceptors (Lipinski definition) is 4. The van der Waals surface area contributed by atoms with E-state index in [9.17, 15) is 22.4 Å². The molecule has 0 fully saturated rings. The van der Waals surface area contributed by atoms with Crippen molar-refractivity contribution in [3.05, 3.63) is 52.2 Å². The predicted molar refractivity (Wildman–Crippen MR) is 79.9 cm³/mol. The minimum Gasteiger partial charge on any atom is -0.406 e. The number of ether oxygens (including phenoxy) is 1. The zero-order valence-corrected chi connectivity index (χ0v) is 12.8. The zero-order chi connectivity index (χ0) is 18.2. The van der Waals surface area contributed by atoms with Gasteiger partial charge in [0.2, 0.25) is 0 Å². The van der Waals surface area contributed by atoms with Gasteiger partial charge >= 0.3 is 6.36 Å². The van der Waals surface area contributed by atoms with Crippen molar-refractivity contribution in [2.45, 2.75) is 26.0 Å². The third kappa shape index (κ3) is 3.32. The number of aromatic amines is 1. The molecule has 1 atom stereocenters. The van der Waals surface area contributed by atoms with Crippen molar-refractivity contribution in [1.29, 1.82) is 0 Å². The summed E-state index contributed by atoms with van der Waals surface area (Å²) < 4.78 is 54.9. The van der Waals surface area contributed by atoms with Gasteiger partial charge in [0.15, 0.2) is 5.65 Å². The molecule has 0 bridgehead atoms. The van der Waals surface area contributed by atoms with Crippen molar-refractivity contribution in [3.63, 3.8) is 0 Å². The first-order chi connectivity index (χ1) is 11.8. The normalized spacial score (nSPS) is 13.2. The molecule has 3 aromatic rings. The molecule has 0 aliphatic carbocycles. The van der Waals surface area contributed by atoms with Crippen LogP contribution < -0.4 is 10.3 Å². The number of benzene rings is 1. The largest absolute Gasteiger partial charge is 0.573 e. The van der Waals surface area contributed by atoms with Gasteiger partial charge in [0.25, 0.3) is 5.56 Å². The highest BCUT2D eigenvalue weighted by Crippen LogP contribution is 2.27. The van der Waals surface area contributed by atoms with Crippen molar-refractivity contribution in [3.8, 4) is 5.75 Å². The molecule has 6 nitrogen and oxygen atoms in total.